The van der Waals surface area contributed by atoms with Gasteiger partial charge in [-0.15, -0.1) is 0 Å². The average molecular weight is 306 g/mol. The third-order valence-corrected chi connectivity index (χ3v) is 4.97. The molecule has 0 aliphatic carbocycles. The Morgan fingerprint density at radius 2 is 1.90 bits per heavy atom. The summed E-state index contributed by atoms with van der Waals surface area (Å²) in [5.41, 5.74) is 4.86. The number of sulfonamides is 1. The van der Waals surface area contributed by atoms with Gasteiger partial charge in [0.15, 0.2) is 11.6 Å². The van der Waals surface area contributed by atoms with Crippen LogP contribution in [0.3, 0.4) is 0 Å². The van der Waals surface area contributed by atoms with Gasteiger partial charge in [0.05, 0.1) is 4.90 Å². The van der Waals surface area contributed by atoms with Gasteiger partial charge in [-0.2, -0.15) is 0 Å². The summed E-state index contributed by atoms with van der Waals surface area (Å²) in [7, 11) is -3.96. The lowest BCUT2D eigenvalue weighted by molar-refractivity contribution is 0.0502. The second-order valence-electron chi connectivity index (χ2n) is 4.78. The van der Waals surface area contributed by atoms with E-state index in [9.17, 15) is 17.2 Å². The molecule has 2 rings (SSSR count). The summed E-state index contributed by atoms with van der Waals surface area (Å²) in [5.74, 6) is -2.30. The van der Waals surface area contributed by atoms with Crippen molar-refractivity contribution in [1.82, 2.24) is 4.72 Å². The van der Waals surface area contributed by atoms with Crippen molar-refractivity contribution < 1.29 is 21.9 Å². The Labute approximate surface area is 116 Å². The number of ether oxygens (including phenoxy) is 1. The average Bonchev–Trinajstić information content (AvgIpc) is 2.42. The van der Waals surface area contributed by atoms with Crippen LogP contribution < -0.4 is 10.5 Å². The highest BCUT2D eigenvalue weighted by Crippen LogP contribution is 2.23. The Morgan fingerprint density at radius 3 is 2.45 bits per heavy atom. The SMILES string of the molecule is NCC1(NS(=O)(=O)c2ccc(F)c(F)c2)CCOCC1. The van der Waals surface area contributed by atoms with Gasteiger partial charge in [0.25, 0.3) is 0 Å². The van der Waals surface area contributed by atoms with E-state index in [1.54, 1.807) is 0 Å². The molecule has 3 N–H and O–H groups in total. The zero-order chi connectivity index (χ0) is 14.8. The number of nitrogens with two attached hydrogens (primary N) is 1. The van der Waals surface area contributed by atoms with Gasteiger partial charge in [0.1, 0.15) is 0 Å². The first-order valence-electron chi connectivity index (χ1n) is 6.15. The fourth-order valence-corrected chi connectivity index (χ4v) is 3.58. The molecule has 1 saturated heterocycles. The highest BCUT2D eigenvalue weighted by atomic mass is 32.2. The zero-order valence-electron chi connectivity index (χ0n) is 10.7. The van der Waals surface area contributed by atoms with Crippen LogP contribution in [0.15, 0.2) is 23.1 Å². The molecule has 0 aromatic heterocycles. The maximum absolute atomic E-state index is 13.2. The van der Waals surface area contributed by atoms with E-state index in [4.69, 9.17) is 10.5 Å². The minimum absolute atomic E-state index is 0.110. The zero-order valence-corrected chi connectivity index (χ0v) is 11.6. The third kappa shape index (κ3) is 3.14. The van der Waals surface area contributed by atoms with E-state index in [0.717, 1.165) is 12.1 Å². The molecule has 0 amide bonds. The Bertz CT molecular complexity index is 586. The van der Waals surface area contributed by atoms with Gasteiger partial charge in [-0.3, -0.25) is 0 Å². The van der Waals surface area contributed by atoms with Gasteiger partial charge in [0, 0.05) is 25.3 Å². The van der Waals surface area contributed by atoms with E-state index in [2.05, 4.69) is 4.72 Å². The van der Waals surface area contributed by atoms with Crippen LogP contribution in [0.1, 0.15) is 12.8 Å². The first kappa shape index (κ1) is 15.3. The molecule has 0 spiro atoms. The smallest absolute Gasteiger partial charge is 0.241 e. The lowest BCUT2D eigenvalue weighted by Gasteiger charge is -2.36. The van der Waals surface area contributed by atoms with Crippen LogP contribution in [-0.4, -0.2) is 33.7 Å². The van der Waals surface area contributed by atoms with Gasteiger partial charge in [-0.05, 0) is 31.0 Å². The van der Waals surface area contributed by atoms with Crippen molar-refractivity contribution in [1.29, 1.82) is 0 Å². The van der Waals surface area contributed by atoms with Crippen molar-refractivity contribution in [2.75, 3.05) is 19.8 Å². The minimum atomic E-state index is -3.96. The molecule has 1 aromatic rings. The van der Waals surface area contributed by atoms with Crippen LogP contribution in [0.4, 0.5) is 8.78 Å². The fraction of sp³-hybridized carbons (Fsp3) is 0.500. The Hall–Kier alpha value is -1.09. The molecule has 1 aliphatic rings. The second-order valence-corrected chi connectivity index (χ2v) is 6.46. The molecule has 0 bridgehead atoms. The van der Waals surface area contributed by atoms with Crippen molar-refractivity contribution in [2.45, 2.75) is 23.3 Å². The second kappa shape index (κ2) is 5.72. The summed E-state index contributed by atoms with van der Waals surface area (Å²) >= 11 is 0. The molecule has 20 heavy (non-hydrogen) atoms. The fourth-order valence-electron chi connectivity index (χ4n) is 2.10. The van der Waals surface area contributed by atoms with Gasteiger partial charge < -0.3 is 10.5 Å². The third-order valence-electron chi connectivity index (χ3n) is 3.39. The number of hydrogen-bond donors (Lipinski definition) is 2. The van der Waals surface area contributed by atoms with E-state index in [1.807, 2.05) is 0 Å². The van der Waals surface area contributed by atoms with Crippen molar-refractivity contribution in [2.24, 2.45) is 5.73 Å². The standard InChI is InChI=1S/C12H16F2N2O3S/c13-10-2-1-9(7-11(10)14)20(17,18)16-12(8-15)3-5-19-6-4-12/h1-2,7,16H,3-6,8,15H2. The van der Waals surface area contributed by atoms with Gasteiger partial charge in [0.2, 0.25) is 10.0 Å². The molecule has 112 valence electrons. The largest absolute Gasteiger partial charge is 0.381 e. The van der Waals surface area contributed by atoms with Crippen molar-refractivity contribution in [3.8, 4) is 0 Å². The number of halogens is 2. The normalized spacial score (nSPS) is 18.9. The number of nitrogens with one attached hydrogen (secondary N) is 1. The summed E-state index contributed by atoms with van der Waals surface area (Å²) < 4.78 is 58.2. The van der Waals surface area contributed by atoms with Crippen LogP contribution >= 0.6 is 0 Å². The van der Waals surface area contributed by atoms with E-state index < -0.39 is 27.2 Å². The summed E-state index contributed by atoms with van der Waals surface area (Å²) in [6.07, 6.45) is 0.874. The molecule has 8 heteroatoms. The molecule has 1 heterocycles. The minimum Gasteiger partial charge on any atom is -0.381 e. The molecule has 0 saturated carbocycles. The summed E-state index contributed by atoms with van der Waals surface area (Å²) in [6.45, 7) is 0.911. The molecule has 1 aliphatic heterocycles. The molecule has 1 aromatic carbocycles. The van der Waals surface area contributed by atoms with E-state index in [1.165, 1.54) is 0 Å². The molecule has 1 fully saturated rings. The predicted octanol–water partition coefficient (Wildman–Crippen LogP) is 0.751. The number of hydrogen-bond acceptors (Lipinski definition) is 4. The lowest BCUT2D eigenvalue weighted by Crippen LogP contribution is -2.56. The first-order valence-corrected chi connectivity index (χ1v) is 7.64. The maximum atomic E-state index is 13.2. The van der Waals surface area contributed by atoms with Crippen LogP contribution in [0.5, 0.6) is 0 Å². The van der Waals surface area contributed by atoms with Gasteiger partial charge >= 0.3 is 0 Å². The molecular formula is C12H16F2N2O3S. The molecule has 0 radical (unpaired) electrons. The Kier molecular flexibility index (Phi) is 4.38. The van der Waals surface area contributed by atoms with E-state index >= 15 is 0 Å². The highest BCUT2D eigenvalue weighted by molar-refractivity contribution is 7.89. The van der Waals surface area contributed by atoms with Crippen LogP contribution in [-0.2, 0) is 14.8 Å². The van der Waals surface area contributed by atoms with Crippen LogP contribution in [0.2, 0.25) is 0 Å². The van der Waals surface area contributed by atoms with Gasteiger partial charge in [-0.25, -0.2) is 21.9 Å². The Morgan fingerprint density at radius 1 is 1.25 bits per heavy atom. The first-order chi connectivity index (χ1) is 9.38. The summed E-state index contributed by atoms with van der Waals surface area (Å²) in [6, 6.07) is 2.45. The number of benzene rings is 1. The molecule has 0 atom stereocenters. The van der Waals surface area contributed by atoms with Crippen molar-refractivity contribution in [3.63, 3.8) is 0 Å². The van der Waals surface area contributed by atoms with E-state index in [0.29, 0.717) is 32.1 Å². The highest BCUT2D eigenvalue weighted by Gasteiger charge is 2.36. The van der Waals surface area contributed by atoms with Crippen molar-refractivity contribution in [3.05, 3.63) is 29.8 Å². The molecule has 5 nitrogen and oxygen atoms in total. The maximum Gasteiger partial charge on any atom is 0.241 e. The monoisotopic (exact) mass is 306 g/mol. The summed E-state index contributed by atoms with van der Waals surface area (Å²) in [5, 5.41) is 0. The lowest BCUT2D eigenvalue weighted by atomic mass is 9.92. The quantitative estimate of drug-likeness (QED) is 0.860. The number of rotatable bonds is 4. The van der Waals surface area contributed by atoms with Gasteiger partial charge in [-0.1, -0.05) is 0 Å². The van der Waals surface area contributed by atoms with E-state index in [-0.39, 0.29) is 11.4 Å². The van der Waals surface area contributed by atoms with Crippen LogP contribution in [0.25, 0.3) is 0 Å². The molecule has 0 unspecified atom stereocenters. The predicted molar refractivity (Wildman–Crippen MR) is 68.5 cm³/mol. The topological polar surface area (TPSA) is 81.4 Å². The van der Waals surface area contributed by atoms with Crippen molar-refractivity contribution >= 4 is 10.0 Å². The van der Waals surface area contributed by atoms with Crippen LogP contribution in [0, 0.1) is 11.6 Å². The Balaban J connectivity index is 2.27. The molecular weight excluding hydrogens is 290 g/mol. The summed E-state index contributed by atoms with van der Waals surface area (Å²) in [4.78, 5) is -0.323.